The van der Waals surface area contributed by atoms with Crippen molar-refractivity contribution in [2.75, 3.05) is 33.5 Å². The average Bonchev–Trinajstić information content (AvgIpc) is 3.59. The molecule has 4 aromatic heterocycles. The summed E-state index contributed by atoms with van der Waals surface area (Å²) >= 11 is 0. The quantitative estimate of drug-likeness (QED) is 0.203. The molecule has 4 heterocycles. The van der Waals surface area contributed by atoms with Gasteiger partial charge in [0.15, 0.2) is 0 Å². The predicted molar refractivity (Wildman–Crippen MR) is 166 cm³/mol. The summed E-state index contributed by atoms with van der Waals surface area (Å²) in [5.41, 5.74) is 6.63. The topological polar surface area (TPSA) is 129 Å². The number of H-pyrrole nitrogens is 2. The predicted octanol–water partition coefficient (Wildman–Crippen LogP) is 4.96. The van der Waals surface area contributed by atoms with Crippen molar-refractivity contribution in [1.82, 2.24) is 34.8 Å². The van der Waals surface area contributed by atoms with Crippen LogP contribution in [0.2, 0.25) is 0 Å². The summed E-state index contributed by atoms with van der Waals surface area (Å²) in [5, 5.41) is 9.39. The van der Waals surface area contributed by atoms with Crippen LogP contribution in [-0.2, 0) is 16.6 Å². The smallest absolute Gasteiger partial charge is 0.209 e. The highest BCUT2D eigenvalue weighted by Gasteiger charge is 2.16. The summed E-state index contributed by atoms with van der Waals surface area (Å²) < 4.78 is 46.0. The molecule has 220 valence electrons. The lowest BCUT2D eigenvalue weighted by Crippen LogP contribution is -2.21. The lowest BCUT2D eigenvalue weighted by atomic mass is 9.99. The SMILES string of the molecule is CN(C)CCOc1cncc(-c2cc3c(-c4cc5c(-c6cc(F)cc(CNS(C)(=O)=O)c6)cccc5[nH]4)n[nH]c3cn2)c1. The number of hydrogen-bond acceptors (Lipinski definition) is 7. The van der Waals surface area contributed by atoms with Gasteiger partial charge in [-0.15, -0.1) is 0 Å². The van der Waals surface area contributed by atoms with Crippen molar-refractivity contribution in [3.63, 3.8) is 0 Å². The number of hydrogen-bond donors (Lipinski definition) is 3. The Labute approximate surface area is 248 Å². The Kier molecular flexibility index (Phi) is 7.65. The van der Waals surface area contributed by atoms with Gasteiger partial charge in [0, 0.05) is 41.1 Å². The molecule has 0 aliphatic heterocycles. The van der Waals surface area contributed by atoms with Crippen molar-refractivity contribution in [2.24, 2.45) is 0 Å². The first-order chi connectivity index (χ1) is 20.6. The van der Waals surface area contributed by atoms with E-state index in [9.17, 15) is 12.8 Å². The minimum Gasteiger partial charge on any atom is -0.491 e. The van der Waals surface area contributed by atoms with Crippen LogP contribution in [0.25, 0.3) is 55.6 Å². The van der Waals surface area contributed by atoms with Gasteiger partial charge in [-0.05, 0) is 73.3 Å². The number of aromatic amines is 2. The molecule has 0 spiro atoms. The Balaban J connectivity index is 1.35. The monoisotopic (exact) mass is 599 g/mol. The lowest BCUT2D eigenvalue weighted by molar-refractivity contribution is 0.261. The molecule has 0 bridgehead atoms. The van der Waals surface area contributed by atoms with Crippen LogP contribution in [-0.4, -0.2) is 72.0 Å². The van der Waals surface area contributed by atoms with Crippen LogP contribution >= 0.6 is 0 Å². The first kappa shape index (κ1) is 28.5. The molecular formula is C31H30FN7O3S. The zero-order valence-electron chi connectivity index (χ0n) is 23.8. The number of nitrogens with zero attached hydrogens (tertiary/aromatic N) is 4. The van der Waals surface area contributed by atoms with E-state index >= 15 is 0 Å². The van der Waals surface area contributed by atoms with Gasteiger partial charge in [0.1, 0.15) is 23.9 Å². The average molecular weight is 600 g/mol. The molecule has 0 saturated carbocycles. The fraction of sp³-hybridized carbons (Fsp3) is 0.194. The van der Waals surface area contributed by atoms with E-state index in [1.54, 1.807) is 24.7 Å². The number of ether oxygens (including phenoxy) is 1. The van der Waals surface area contributed by atoms with Crippen LogP contribution in [0.5, 0.6) is 5.75 Å². The van der Waals surface area contributed by atoms with E-state index in [1.165, 1.54) is 12.1 Å². The number of rotatable bonds is 10. The number of sulfonamides is 1. The normalized spacial score (nSPS) is 12.0. The lowest BCUT2D eigenvalue weighted by Gasteiger charge is -2.11. The third-order valence-electron chi connectivity index (χ3n) is 6.99. The van der Waals surface area contributed by atoms with Gasteiger partial charge in [-0.25, -0.2) is 17.5 Å². The maximum absolute atomic E-state index is 14.6. The molecule has 0 atom stereocenters. The van der Waals surface area contributed by atoms with Crippen LogP contribution in [0, 0.1) is 5.82 Å². The van der Waals surface area contributed by atoms with Crippen molar-refractivity contribution >= 4 is 31.8 Å². The second kappa shape index (κ2) is 11.6. The van der Waals surface area contributed by atoms with Crippen LogP contribution in [0.4, 0.5) is 4.39 Å². The van der Waals surface area contributed by atoms with Crippen LogP contribution < -0.4 is 9.46 Å². The minimum absolute atomic E-state index is 0.00573. The van der Waals surface area contributed by atoms with Gasteiger partial charge in [-0.3, -0.25) is 15.1 Å². The number of aromatic nitrogens is 5. The van der Waals surface area contributed by atoms with E-state index in [-0.39, 0.29) is 6.54 Å². The van der Waals surface area contributed by atoms with E-state index < -0.39 is 15.8 Å². The Morgan fingerprint density at radius 1 is 0.977 bits per heavy atom. The third kappa shape index (κ3) is 6.41. The molecule has 0 fully saturated rings. The maximum Gasteiger partial charge on any atom is 0.209 e. The molecule has 3 N–H and O–H groups in total. The standard InChI is InChI=1S/C31H30FN7O3S/c1-39(2)7-8-42-23-12-21(16-33-17-23)28-14-26-30(18-34-28)37-38-31(26)29-13-25-24(5-4-6-27(25)36-29)20-9-19(10-22(32)11-20)15-35-43(3,40)41/h4-6,9-14,16-18,35-36H,7-8,15H2,1-3H3,(H,37,38). The third-order valence-corrected chi connectivity index (χ3v) is 7.66. The molecule has 2 aromatic carbocycles. The summed E-state index contributed by atoms with van der Waals surface area (Å²) in [6.45, 7) is 1.33. The summed E-state index contributed by atoms with van der Waals surface area (Å²) in [4.78, 5) is 14.5. The van der Waals surface area contributed by atoms with E-state index in [2.05, 4.69) is 34.8 Å². The zero-order valence-corrected chi connectivity index (χ0v) is 24.7. The molecule has 6 rings (SSSR count). The van der Waals surface area contributed by atoms with Crippen molar-refractivity contribution in [3.8, 4) is 39.5 Å². The Bertz CT molecular complexity index is 2050. The van der Waals surface area contributed by atoms with Gasteiger partial charge < -0.3 is 14.6 Å². The molecule has 0 unspecified atom stereocenters. The van der Waals surface area contributed by atoms with Crippen molar-refractivity contribution in [1.29, 1.82) is 0 Å². The fourth-order valence-corrected chi connectivity index (χ4v) is 5.35. The molecule has 10 nitrogen and oxygen atoms in total. The van der Waals surface area contributed by atoms with Crippen molar-refractivity contribution < 1.29 is 17.5 Å². The van der Waals surface area contributed by atoms with Gasteiger partial charge in [-0.2, -0.15) is 5.10 Å². The number of nitrogens with one attached hydrogen (secondary N) is 3. The first-order valence-corrected chi connectivity index (χ1v) is 15.5. The van der Waals surface area contributed by atoms with Gasteiger partial charge in [0.25, 0.3) is 0 Å². The molecule has 0 aliphatic rings. The van der Waals surface area contributed by atoms with Gasteiger partial charge in [0.05, 0.1) is 35.6 Å². The van der Waals surface area contributed by atoms with Crippen molar-refractivity contribution in [2.45, 2.75) is 6.54 Å². The van der Waals surface area contributed by atoms with E-state index in [0.717, 1.165) is 57.1 Å². The largest absolute Gasteiger partial charge is 0.491 e. The van der Waals surface area contributed by atoms with Crippen LogP contribution in [0.1, 0.15) is 5.56 Å². The highest BCUT2D eigenvalue weighted by atomic mass is 32.2. The van der Waals surface area contributed by atoms with Crippen LogP contribution in [0.15, 0.2) is 73.2 Å². The summed E-state index contributed by atoms with van der Waals surface area (Å²) in [6.07, 6.45) is 6.25. The zero-order chi connectivity index (χ0) is 30.1. The van der Waals surface area contributed by atoms with Gasteiger partial charge in [-0.1, -0.05) is 12.1 Å². The number of halogens is 1. The highest BCUT2D eigenvalue weighted by molar-refractivity contribution is 7.88. The number of benzene rings is 2. The molecule has 0 saturated heterocycles. The Hall–Kier alpha value is -4.65. The Morgan fingerprint density at radius 2 is 1.84 bits per heavy atom. The highest BCUT2D eigenvalue weighted by Crippen LogP contribution is 2.35. The molecule has 6 aromatic rings. The van der Waals surface area contributed by atoms with Gasteiger partial charge >= 0.3 is 0 Å². The fourth-order valence-electron chi connectivity index (χ4n) is 4.92. The second-order valence-electron chi connectivity index (χ2n) is 10.6. The molecular weight excluding hydrogens is 569 g/mol. The second-order valence-corrected chi connectivity index (χ2v) is 12.5. The summed E-state index contributed by atoms with van der Waals surface area (Å²) in [7, 11) is 0.567. The molecule has 43 heavy (non-hydrogen) atoms. The maximum atomic E-state index is 14.6. The Morgan fingerprint density at radius 3 is 2.65 bits per heavy atom. The van der Waals surface area contributed by atoms with Crippen molar-refractivity contribution in [3.05, 3.63) is 84.6 Å². The molecule has 0 aliphatic carbocycles. The van der Waals surface area contributed by atoms with E-state index in [1.807, 2.05) is 50.5 Å². The van der Waals surface area contributed by atoms with Crippen LogP contribution in [0.3, 0.4) is 0 Å². The van der Waals surface area contributed by atoms with Gasteiger partial charge in [0.2, 0.25) is 10.0 Å². The van der Waals surface area contributed by atoms with E-state index in [0.29, 0.717) is 29.2 Å². The molecule has 0 amide bonds. The minimum atomic E-state index is -3.42. The first-order valence-electron chi connectivity index (χ1n) is 13.6. The van der Waals surface area contributed by atoms with E-state index in [4.69, 9.17) is 4.74 Å². The number of pyridine rings is 2. The number of likely N-dealkylation sites (N-methyl/N-ethyl adjacent to an activating group) is 1. The summed E-state index contributed by atoms with van der Waals surface area (Å²) in [5.74, 6) is 0.222. The summed E-state index contributed by atoms with van der Waals surface area (Å²) in [6, 6.07) is 16.2. The number of fused-ring (bicyclic) bond motifs is 2. The molecule has 0 radical (unpaired) electrons. The molecule has 12 heteroatoms.